The van der Waals surface area contributed by atoms with Crippen molar-refractivity contribution in [3.8, 4) is 17.2 Å². The Kier molecular flexibility index (Phi) is 4.20. The van der Waals surface area contributed by atoms with E-state index in [9.17, 15) is 9.90 Å². The minimum Gasteiger partial charge on any atom is -0.481 e. The number of anilines is 1. The first-order chi connectivity index (χ1) is 12.6. The van der Waals surface area contributed by atoms with Crippen molar-refractivity contribution in [2.75, 3.05) is 18.0 Å². The number of aromatic amines is 1. The zero-order chi connectivity index (χ0) is 18.1. The molecule has 1 aromatic carbocycles. The number of nitrogens with zero attached hydrogens (tertiary/aromatic N) is 4. The number of imidazole rings is 2. The molecule has 1 aliphatic rings. The zero-order valence-electron chi connectivity index (χ0n) is 14.6. The van der Waals surface area contributed by atoms with Gasteiger partial charge in [-0.25, -0.2) is 9.97 Å². The number of rotatable bonds is 4. The van der Waals surface area contributed by atoms with Crippen LogP contribution in [0, 0.1) is 12.8 Å². The molecular formula is C19H21N5O2. The number of nitrogens with one attached hydrogen (secondary N) is 1. The molecule has 7 heteroatoms. The van der Waals surface area contributed by atoms with Gasteiger partial charge in [0.05, 0.1) is 12.2 Å². The van der Waals surface area contributed by atoms with Crippen LogP contribution in [0.4, 0.5) is 5.69 Å². The van der Waals surface area contributed by atoms with Crippen LogP contribution in [0.25, 0.3) is 17.2 Å². The highest BCUT2D eigenvalue weighted by Gasteiger charge is 2.25. The first-order valence-electron chi connectivity index (χ1n) is 8.75. The van der Waals surface area contributed by atoms with Gasteiger partial charge in [0.15, 0.2) is 5.82 Å². The molecule has 26 heavy (non-hydrogen) atoms. The number of carbonyl (C=O) groups is 1. The third-order valence-electron chi connectivity index (χ3n) is 4.95. The molecule has 0 unspecified atom stereocenters. The second-order valence-electron chi connectivity index (χ2n) is 6.64. The van der Waals surface area contributed by atoms with Gasteiger partial charge in [-0.1, -0.05) is 0 Å². The number of piperidine rings is 1. The molecule has 4 rings (SSSR count). The largest absolute Gasteiger partial charge is 0.481 e. The Morgan fingerprint density at radius 3 is 2.69 bits per heavy atom. The summed E-state index contributed by atoms with van der Waals surface area (Å²) in [6.45, 7) is 3.43. The minimum absolute atomic E-state index is 0.286. The van der Waals surface area contributed by atoms with E-state index in [1.807, 2.05) is 42.0 Å². The molecule has 134 valence electrons. The van der Waals surface area contributed by atoms with Crippen molar-refractivity contribution >= 4 is 11.7 Å². The average Bonchev–Trinajstić information content (AvgIpc) is 3.30. The number of aromatic nitrogens is 4. The predicted octanol–water partition coefficient (Wildman–Crippen LogP) is 2.87. The lowest BCUT2D eigenvalue weighted by Crippen LogP contribution is -2.38. The molecule has 3 heterocycles. The molecule has 1 atom stereocenters. The van der Waals surface area contributed by atoms with Crippen molar-refractivity contribution in [1.29, 1.82) is 0 Å². The van der Waals surface area contributed by atoms with Gasteiger partial charge >= 0.3 is 5.97 Å². The van der Waals surface area contributed by atoms with E-state index in [1.165, 1.54) is 0 Å². The maximum Gasteiger partial charge on any atom is 0.308 e. The van der Waals surface area contributed by atoms with E-state index < -0.39 is 5.97 Å². The SMILES string of the molecule is Cc1[nH]cnc1-c1nccn1-c1ccc(N2CCC[C@@H](C(=O)O)C2)cc1. The molecular weight excluding hydrogens is 330 g/mol. The molecule has 0 bridgehead atoms. The predicted molar refractivity (Wildman–Crippen MR) is 98.5 cm³/mol. The molecule has 0 aliphatic carbocycles. The highest BCUT2D eigenvalue weighted by atomic mass is 16.4. The lowest BCUT2D eigenvalue weighted by molar-refractivity contribution is -0.141. The zero-order valence-corrected chi connectivity index (χ0v) is 14.6. The molecule has 0 spiro atoms. The quantitative estimate of drug-likeness (QED) is 0.755. The van der Waals surface area contributed by atoms with Crippen LogP contribution in [0.15, 0.2) is 43.0 Å². The smallest absolute Gasteiger partial charge is 0.308 e. The fraction of sp³-hybridized carbons (Fsp3) is 0.316. The second-order valence-corrected chi connectivity index (χ2v) is 6.64. The van der Waals surface area contributed by atoms with Crippen molar-refractivity contribution in [1.82, 2.24) is 19.5 Å². The van der Waals surface area contributed by atoms with Gasteiger partial charge in [0, 0.05) is 42.6 Å². The molecule has 2 N–H and O–H groups in total. The average molecular weight is 351 g/mol. The number of carboxylic acids is 1. The summed E-state index contributed by atoms with van der Waals surface area (Å²) in [5.41, 5.74) is 3.86. The van der Waals surface area contributed by atoms with Gasteiger partial charge in [-0.3, -0.25) is 9.36 Å². The van der Waals surface area contributed by atoms with Crippen LogP contribution >= 0.6 is 0 Å². The summed E-state index contributed by atoms with van der Waals surface area (Å²) in [7, 11) is 0. The van der Waals surface area contributed by atoms with E-state index in [4.69, 9.17) is 0 Å². The van der Waals surface area contributed by atoms with Crippen LogP contribution in [0.2, 0.25) is 0 Å². The third kappa shape index (κ3) is 2.96. The summed E-state index contributed by atoms with van der Waals surface area (Å²) in [6.07, 6.45) is 7.01. The molecule has 0 amide bonds. The second kappa shape index (κ2) is 6.67. The van der Waals surface area contributed by atoms with Gasteiger partial charge in [0.1, 0.15) is 5.69 Å². The highest BCUT2D eigenvalue weighted by Crippen LogP contribution is 2.26. The molecule has 7 nitrogen and oxygen atoms in total. The molecule has 3 aromatic rings. The summed E-state index contributed by atoms with van der Waals surface area (Å²) in [4.78, 5) is 25.3. The summed E-state index contributed by atoms with van der Waals surface area (Å²) in [5, 5.41) is 9.27. The number of carboxylic acid groups (broad SMARTS) is 1. The first kappa shape index (κ1) is 16.4. The lowest BCUT2D eigenvalue weighted by atomic mass is 9.98. The number of H-pyrrole nitrogens is 1. The Hall–Kier alpha value is -3.09. The van der Waals surface area contributed by atoms with Gasteiger partial charge in [-0.2, -0.15) is 0 Å². The van der Waals surface area contributed by atoms with Crippen molar-refractivity contribution in [3.63, 3.8) is 0 Å². The lowest BCUT2D eigenvalue weighted by Gasteiger charge is -2.32. The summed E-state index contributed by atoms with van der Waals surface area (Å²) in [6, 6.07) is 8.15. The summed E-state index contributed by atoms with van der Waals surface area (Å²) in [5.74, 6) is -0.199. The van der Waals surface area contributed by atoms with Crippen LogP contribution in [0.5, 0.6) is 0 Å². The van der Waals surface area contributed by atoms with Crippen LogP contribution in [0.1, 0.15) is 18.5 Å². The Morgan fingerprint density at radius 1 is 1.23 bits per heavy atom. The fourth-order valence-electron chi connectivity index (χ4n) is 3.51. The maximum atomic E-state index is 11.3. The number of aliphatic carboxylic acids is 1. The first-order valence-corrected chi connectivity index (χ1v) is 8.75. The van der Waals surface area contributed by atoms with E-state index >= 15 is 0 Å². The van der Waals surface area contributed by atoms with Crippen LogP contribution in [0.3, 0.4) is 0 Å². The standard InChI is InChI=1S/C19H21N5O2/c1-13-17(22-12-21-13)18-20-8-10-24(18)16-6-4-15(5-7-16)23-9-2-3-14(11-23)19(25)26/h4-8,10,12,14H,2-3,9,11H2,1H3,(H,21,22)(H,25,26)/t14-/m1/s1. The third-order valence-corrected chi connectivity index (χ3v) is 4.95. The van der Waals surface area contributed by atoms with Crippen LogP contribution in [-0.2, 0) is 4.79 Å². The Labute approximate surface area is 151 Å². The van der Waals surface area contributed by atoms with Crippen molar-refractivity contribution in [2.45, 2.75) is 19.8 Å². The van der Waals surface area contributed by atoms with Crippen molar-refractivity contribution in [2.24, 2.45) is 5.92 Å². The number of hydrogen-bond acceptors (Lipinski definition) is 4. The normalized spacial score (nSPS) is 17.4. The van der Waals surface area contributed by atoms with E-state index in [0.717, 1.165) is 48.0 Å². The van der Waals surface area contributed by atoms with Gasteiger partial charge in [0.2, 0.25) is 0 Å². The number of hydrogen-bond donors (Lipinski definition) is 2. The molecule has 1 aliphatic heterocycles. The van der Waals surface area contributed by atoms with E-state index in [2.05, 4.69) is 19.9 Å². The minimum atomic E-state index is -0.705. The molecule has 1 fully saturated rings. The van der Waals surface area contributed by atoms with Crippen LogP contribution < -0.4 is 4.90 Å². The van der Waals surface area contributed by atoms with Gasteiger partial charge < -0.3 is 15.0 Å². The van der Waals surface area contributed by atoms with E-state index in [0.29, 0.717) is 6.54 Å². The summed E-state index contributed by atoms with van der Waals surface area (Å²) < 4.78 is 2.00. The molecule has 0 radical (unpaired) electrons. The van der Waals surface area contributed by atoms with Crippen molar-refractivity contribution in [3.05, 3.63) is 48.7 Å². The Morgan fingerprint density at radius 2 is 2.00 bits per heavy atom. The fourth-order valence-corrected chi connectivity index (χ4v) is 3.51. The van der Waals surface area contributed by atoms with E-state index in [-0.39, 0.29) is 5.92 Å². The van der Waals surface area contributed by atoms with E-state index in [1.54, 1.807) is 12.5 Å². The highest BCUT2D eigenvalue weighted by molar-refractivity contribution is 5.71. The van der Waals surface area contributed by atoms with Crippen molar-refractivity contribution < 1.29 is 9.90 Å². The topological polar surface area (TPSA) is 87.0 Å². The van der Waals surface area contributed by atoms with Gasteiger partial charge in [-0.15, -0.1) is 0 Å². The number of aryl methyl sites for hydroxylation is 1. The van der Waals surface area contributed by atoms with Crippen LogP contribution in [-0.4, -0.2) is 43.7 Å². The number of benzene rings is 1. The Balaban J connectivity index is 1.59. The van der Waals surface area contributed by atoms with Gasteiger partial charge in [-0.05, 0) is 44.0 Å². The molecule has 0 saturated carbocycles. The maximum absolute atomic E-state index is 11.3. The van der Waals surface area contributed by atoms with Gasteiger partial charge in [0.25, 0.3) is 0 Å². The summed E-state index contributed by atoms with van der Waals surface area (Å²) >= 11 is 0. The Bertz CT molecular complexity index is 912. The monoisotopic (exact) mass is 351 g/mol. The molecule has 1 saturated heterocycles. The molecule has 2 aromatic heterocycles.